The van der Waals surface area contributed by atoms with Crippen molar-refractivity contribution < 1.29 is 14.9 Å². The van der Waals surface area contributed by atoms with E-state index in [2.05, 4.69) is 26.1 Å². The molecule has 3 N–H and O–H groups in total. The van der Waals surface area contributed by atoms with Gasteiger partial charge in [0.05, 0.1) is 4.92 Å². The Morgan fingerprint density at radius 3 is 2.86 bits per heavy atom. The topological polar surface area (TPSA) is 124 Å². The number of ether oxygens (including phenoxy) is 1. The number of aromatic nitrogens is 1. The molecule has 1 aromatic heterocycles. The van der Waals surface area contributed by atoms with Crippen LogP contribution in [0.15, 0.2) is 46.2 Å². The van der Waals surface area contributed by atoms with Crippen molar-refractivity contribution in [2.24, 2.45) is 10.9 Å². The van der Waals surface area contributed by atoms with E-state index in [1.807, 2.05) is 0 Å². The molecule has 0 spiro atoms. The lowest BCUT2D eigenvalue weighted by molar-refractivity contribution is -0.385. The Bertz CT molecular complexity index is 720. The first-order valence-electron chi connectivity index (χ1n) is 5.57. The minimum atomic E-state index is -0.550. The van der Waals surface area contributed by atoms with E-state index in [4.69, 9.17) is 15.7 Å². The highest BCUT2D eigenvalue weighted by molar-refractivity contribution is 9.10. The lowest BCUT2D eigenvalue weighted by Crippen LogP contribution is -2.14. The fraction of sp³-hybridized carbons (Fsp3) is 0. The lowest BCUT2D eigenvalue weighted by atomic mass is 10.3. The molecule has 0 amide bonds. The minimum Gasteiger partial charge on any atom is -0.450 e. The maximum atomic E-state index is 11.0. The molecule has 1 aromatic carbocycles. The summed E-state index contributed by atoms with van der Waals surface area (Å²) in [5.41, 5.74) is 5.42. The molecule has 0 bridgehead atoms. The van der Waals surface area contributed by atoms with Crippen molar-refractivity contribution in [1.29, 1.82) is 0 Å². The Kier molecular flexibility index (Phi) is 4.33. The normalized spacial score (nSPS) is 11.2. The zero-order valence-corrected chi connectivity index (χ0v) is 12.0. The second-order valence-electron chi connectivity index (χ2n) is 3.83. The number of nitro groups is 1. The Morgan fingerprint density at radius 2 is 2.19 bits per heavy atom. The van der Waals surface area contributed by atoms with E-state index in [0.29, 0.717) is 4.47 Å². The molecule has 0 aliphatic heterocycles. The number of hydrogen-bond donors (Lipinski definition) is 2. The predicted molar refractivity (Wildman–Crippen MR) is 77.6 cm³/mol. The molecule has 0 unspecified atom stereocenters. The van der Waals surface area contributed by atoms with Gasteiger partial charge in [0, 0.05) is 22.8 Å². The lowest BCUT2D eigenvalue weighted by Gasteiger charge is -2.07. The zero-order valence-electron chi connectivity index (χ0n) is 10.4. The quantitative estimate of drug-likeness (QED) is 0.286. The second kappa shape index (κ2) is 6.18. The number of amidine groups is 1. The van der Waals surface area contributed by atoms with Gasteiger partial charge in [0.15, 0.2) is 5.84 Å². The average molecular weight is 353 g/mol. The molecule has 1 heterocycles. The van der Waals surface area contributed by atoms with Gasteiger partial charge in [-0.25, -0.2) is 0 Å². The summed E-state index contributed by atoms with van der Waals surface area (Å²) < 4.78 is 6.03. The van der Waals surface area contributed by atoms with Crippen LogP contribution in [0.2, 0.25) is 0 Å². The Hall–Kier alpha value is -2.68. The van der Waals surface area contributed by atoms with Crippen LogP contribution in [0.3, 0.4) is 0 Å². The number of rotatable bonds is 4. The van der Waals surface area contributed by atoms with Gasteiger partial charge >= 0.3 is 5.69 Å². The molecule has 2 aromatic rings. The van der Waals surface area contributed by atoms with Crippen LogP contribution >= 0.6 is 15.9 Å². The van der Waals surface area contributed by atoms with Crippen LogP contribution in [0.25, 0.3) is 0 Å². The predicted octanol–water partition coefficient (Wildman–Crippen LogP) is 2.64. The molecule has 0 fully saturated rings. The van der Waals surface area contributed by atoms with Crippen LogP contribution in [0.5, 0.6) is 11.5 Å². The number of hydrogen-bond acceptors (Lipinski definition) is 6. The Balaban J connectivity index is 2.37. The monoisotopic (exact) mass is 352 g/mol. The molecule has 8 nitrogen and oxygen atoms in total. The summed E-state index contributed by atoms with van der Waals surface area (Å²) in [6.45, 7) is 0. The van der Waals surface area contributed by atoms with Crippen LogP contribution in [0, 0.1) is 10.1 Å². The smallest absolute Gasteiger partial charge is 0.312 e. The summed E-state index contributed by atoms with van der Waals surface area (Å²) in [6, 6.07) is 7.32. The third-order valence-corrected chi connectivity index (χ3v) is 2.94. The van der Waals surface area contributed by atoms with Crippen LogP contribution in [-0.2, 0) is 0 Å². The molecule has 0 atom stereocenters. The second-order valence-corrected chi connectivity index (χ2v) is 4.75. The van der Waals surface area contributed by atoms with E-state index in [9.17, 15) is 10.1 Å². The molecular weight excluding hydrogens is 344 g/mol. The van der Waals surface area contributed by atoms with Crippen LogP contribution in [0.4, 0.5) is 5.69 Å². The summed E-state index contributed by atoms with van der Waals surface area (Å²) in [5, 5.41) is 22.4. The number of nitrogens with zero attached hydrogens (tertiary/aromatic N) is 3. The van der Waals surface area contributed by atoms with Gasteiger partial charge in [-0.1, -0.05) is 21.1 Å². The summed E-state index contributed by atoms with van der Waals surface area (Å²) >= 11 is 3.16. The van der Waals surface area contributed by atoms with Crippen molar-refractivity contribution in [3.05, 3.63) is 56.8 Å². The molecule has 0 saturated carbocycles. The average Bonchev–Trinajstić information content (AvgIpc) is 2.48. The van der Waals surface area contributed by atoms with Crippen LogP contribution in [0.1, 0.15) is 5.69 Å². The third-order valence-electron chi connectivity index (χ3n) is 2.45. The maximum absolute atomic E-state index is 11.0. The van der Waals surface area contributed by atoms with E-state index >= 15 is 0 Å². The fourth-order valence-corrected chi connectivity index (χ4v) is 1.86. The van der Waals surface area contributed by atoms with E-state index in [1.165, 1.54) is 30.5 Å². The summed E-state index contributed by atoms with van der Waals surface area (Å²) in [4.78, 5) is 14.3. The largest absolute Gasteiger partial charge is 0.450 e. The Labute approximate surface area is 127 Å². The van der Waals surface area contributed by atoms with Crippen LogP contribution < -0.4 is 10.5 Å². The van der Waals surface area contributed by atoms with E-state index in [-0.39, 0.29) is 28.7 Å². The number of oxime groups is 1. The third kappa shape index (κ3) is 3.45. The van der Waals surface area contributed by atoms with Gasteiger partial charge in [-0.05, 0) is 18.2 Å². The first kappa shape index (κ1) is 14.7. The van der Waals surface area contributed by atoms with Gasteiger partial charge < -0.3 is 15.7 Å². The molecule has 21 heavy (non-hydrogen) atoms. The molecule has 0 radical (unpaired) electrons. The minimum absolute atomic E-state index is 0.0693. The first-order valence-corrected chi connectivity index (χ1v) is 6.36. The number of halogens is 1. The van der Waals surface area contributed by atoms with E-state index in [1.54, 1.807) is 6.07 Å². The van der Waals surface area contributed by atoms with Gasteiger partial charge in [-0.3, -0.25) is 15.1 Å². The molecular formula is C12H9BrN4O4. The van der Waals surface area contributed by atoms with E-state index in [0.717, 1.165) is 0 Å². The summed E-state index contributed by atoms with van der Waals surface area (Å²) in [6.07, 6.45) is 1.38. The van der Waals surface area contributed by atoms with Gasteiger partial charge in [-0.15, -0.1) is 0 Å². The highest BCUT2D eigenvalue weighted by atomic mass is 79.9. The van der Waals surface area contributed by atoms with Crippen molar-refractivity contribution in [3.63, 3.8) is 0 Å². The number of pyridine rings is 1. The molecule has 108 valence electrons. The van der Waals surface area contributed by atoms with Crippen molar-refractivity contribution >= 4 is 27.5 Å². The van der Waals surface area contributed by atoms with Crippen molar-refractivity contribution in [3.8, 4) is 11.5 Å². The van der Waals surface area contributed by atoms with E-state index < -0.39 is 4.92 Å². The summed E-state index contributed by atoms with van der Waals surface area (Å²) in [5.74, 6) is 0.155. The van der Waals surface area contributed by atoms with Crippen molar-refractivity contribution in [1.82, 2.24) is 4.98 Å². The Morgan fingerprint density at radius 1 is 1.43 bits per heavy atom. The van der Waals surface area contributed by atoms with Gasteiger partial charge in [0.2, 0.25) is 5.75 Å². The van der Waals surface area contributed by atoms with Crippen molar-refractivity contribution in [2.45, 2.75) is 0 Å². The molecule has 9 heteroatoms. The SMILES string of the molecule is NC(=NO)c1cc(Oc2ccc(Br)cc2[N+](=O)[O-])ccn1. The van der Waals surface area contributed by atoms with Gasteiger partial charge in [-0.2, -0.15) is 0 Å². The van der Waals surface area contributed by atoms with Crippen molar-refractivity contribution in [2.75, 3.05) is 0 Å². The number of nitrogens with two attached hydrogens (primary N) is 1. The first-order chi connectivity index (χ1) is 10.0. The van der Waals surface area contributed by atoms with Gasteiger partial charge in [0.25, 0.3) is 0 Å². The maximum Gasteiger partial charge on any atom is 0.312 e. The standard InChI is InChI=1S/C12H9BrN4O4/c13-7-1-2-11(10(5-7)17(19)20)21-8-3-4-15-9(6-8)12(14)16-18/h1-6,18H,(H2,14,16). The van der Waals surface area contributed by atoms with Crippen LogP contribution in [-0.4, -0.2) is 21.0 Å². The fourth-order valence-electron chi connectivity index (χ4n) is 1.51. The molecule has 2 rings (SSSR count). The molecule has 0 aliphatic rings. The highest BCUT2D eigenvalue weighted by Gasteiger charge is 2.16. The zero-order chi connectivity index (χ0) is 15.4. The number of benzene rings is 1. The number of nitro benzene ring substituents is 1. The molecule has 0 saturated heterocycles. The highest BCUT2D eigenvalue weighted by Crippen LogP contribution is 2.33. The summed E-state index contributed by atoms with van der Waals surface area (Å²) in [7, 11) is 0. The van der Waals surface area contributed by atoms with Gasteiger partial charge in [0.1, 0.15) is 11.4 Å². The molecule has 0 aliphatic carbocycles.